The van der Waals surface area contributed by atoms with E-state index >= 15 is 0 Å². The zero-order valence-corrected chi connectivity index (χ0v) is 18.2. The fourth-order valence-corrected chi connectivity index (χ4v) is 5.45. The van der Waals surface area contributed by atoms with Gasteiger partial charge in [0.2, 0.25) is 0 Å². The van der Waals surface area contributed by atoms with E-state index in [1.165, 1.54) is 22.6 Å². The summed E-state index contributed by atoms with van der Waals surface area (Å²) in [6.45, 7) is 7.50. The highest BCUT2D eigenvalue weighted by Gasteiger charge is 2.23. The van der Waals surface area contributed by atoms with Crippen LogP contribution in [0.3, 0.4) is 0 Å². The van der Waals surface area contributed by atoms with Crippen molar-refractivity contribution in [1.29, 1.82) is 0 Å². The fourth-order valence-electron chi connectivity index (χ4n) is 4.18. The van der Waals surface area contributed by atoms with Gasteiger partial charge < -0.3 is 4.90 Å². The van der Waals surface area contributed by atoms with E-state index in [0.717, 1.165) is 60.5 Å². The molecule has 0 saturated carbocycles. The van der Waals surface area contributed by atoms with Gasteiger partial charge in [-0.2, -0.15) is 0 Å². The monoisotopic (exact) mass is 426 g/mol. The van der Waals surface area contributed by atoms with Crippen molar-refractivity contribution in [2.24, 2.45) is 0 Å². The number of nitro benzene ring substituents is 1. The number of likely N-dealkylation sites (N-methyl/N-ethyl adjacent to an activating group) is 1. The molecule has 1 aliphatic rings. The first kappa shape index (κ1) is 20.7. The number of non-ortho nitro benzene ring substituents is 1. The van der Waals surface area contributed by atoms with Gasteiger partial charge >= 0.3 is 0 Å². The number of benzene rings is 1. The van der Waals surface area contributed by atoms with Crippen molar-refractivity contribution in [3.8, 4) is 0 Å². The normalized spacial score (nSPS) is 13.3. The molecule has 0 amide bonds. The SMILES string of the molecule is CCN(CC)CCn1c(Cc2ccc([N+](=O)[O-])cc2)nc2sc3c(c2c1=O)CCC3. The van der Waals surface area contributed by atoms with Crippen LogP contribution in [-0.2, 0) is 25.8 Å². The molecule has 4 rings (SSSR count). The Kier molecular flexibility index (Phi) is 5.97. The maximum Gasteiger partial charge on any atom is 0.269 e. The Morgan fingerprint density at radius 3 is 2.60 bits per heavy atom. The Labute approximate surface area is 179 Å². The van der Waals surface area contributed by atoms with E-state index < -0.39 is 4.92 Å². The molecule has 8 heteroatoms. The summed E-state index contributed by atoms with van der Waals surface area (Å²) in [4.78, 5) is 33.4. The third-order valence-corrected chi connectivity index (χ3v) is 7.13. The highest BCUT2D eigenvalue weighted by atomic mass is 32.1. The van der Waals surface area contributed by atoms with Gasteiger partial charge in [0.15, 0.2) is 0 Å². The summed E-state index contributed by atoms with van der Waals surface area (Å²) in [5, 5.41) is 11.7. The third-order valence-electron chi connectivity index (χ3n) is 5.95. The lowest BCUT2D eigenvalue weighted by Crippen LogP contribution is -2.33. The molecule has 1 aliphatic carbocycles. The van der Waals surface area contributed by atoms with E-state index in [2.05, 4.69) is 18.7 Å². The summed E-state index contributed by atoms with van der Waals surface area (Å²) >= 11 is 1.65. The van der Waals surface area contributed by atoms with Gasteiger partial charge in [0.05, 0.1) is 10.3 Å². The molecule has 0 unspecified atom stereocenters. The number of fused-ring (bicyclic) bond motifs is 3. The summed E-state index contributed by atoms with van der Waals surface area (Å²) in [6.07, 6.45) is 3.58. The van der Waals surface area contributed by atoms with Crippen LogP contribution in [0, 0.1) is 10.1 Å². The Morgan fingerprint density at radius 2 is 1.93 bits per heavy atom. The minimum Gasteiger partial charge on any atom is -0.302 e. The largest absolute Gasteiger partial charge is 0.302 e. The molecule has 0 N–H and O–H groups in total. The molecule has 1 aromatic carbocycles. The third kappa shape index (κ3) is 3.89. The van der Waals surface area contributed by atoms with E-state index in [0.29, 0.717) is 13.0 Å². The van der Waals surface area contributed by atoms with Crippen LogP contribution in [0.4, 0.5) is 5.69 Å². The minimum absolute atomic E-state index is 0.0588. The summed E-state index contributed by atoms with van der Waals surface area (Å²) in [5.74, 6) is 0.730. The number of aromatic nitrogens is 2. The first-order chi connectivity index (χ1) is 14.5. The zero-order valence-electron chi connectivity index (χ0n) is 17.4. The number of hydrogen-bond acceptors (Lipinski definition) is 6. The first-order valence-electron chi connectivity index (χ1n) is 10.5. The highest BCUT2D eigenvalue weighted by molar-refractivity contribution is 7.18. The van der Waals surface area contributed by atoms with Crippen LogP contribution in [0.2, 0.25) is 0 Å². The molecular formula is C22H26N4O3S. The number of hydrogen-bond donors (Lipinski definition) is 0. The molecule has 0 spiro atoms. The Bertz CT molecular complexity index is 1130. The molecule has 2 heterocycles. The standard InChI is InChI=1S/C22H26N4O3S/c1-3-24(4-2)12-13-25-19(14-15-8-10-16(11-9-15)26(28)29)23-21-20(22(25)27)17-6-5-7-18(17)30-21/h8-11H,3-7,12-14H2,1-2H3. The second-order valence-corrected chi connectivity index (χ2v) is 8.73. The van der Waals surface area contributed by atoms with E-state index in [-0.39, 0.29) is 11.2 Å². The lowest BCUT2D eigenvalue weighted by molar-refractivity contribution is -0.384. The van der Waals surface area contributed by atoms with Crippen molar-refractivity contribution in [1.82, 2.24) is 14.5 Å². The van der Waals surface area contributed by atoms with E-state index in [1.807, 2.05) is 4.57 Å². The first-order valence-corrected chi connectivity index (χ1v) is 11.3. The van der Waals surface area contributed by atoms with Crippen LogP contribution in [0.25, 0.3) is 10.2 Å². The highest BCUT2D eigenvalue weighted by Crippen LogP contribution is 2.35. The quantitative estimate of drug-likeness (QED) is 0.404. The molecule has 7 nitrogen and oxygen atoms in total. The van der Waals surface area contributed by atoms with Crippen LogP contribution in [-0.4, -0.2) is 39.0 Å². The number of nitrogens with zero attached hydrogens (tertiary/aromatic N) is 4. The second kappa shape index (κ2) is 8.65. The van der Waals surface area contributed by atoms with Gasteiger partial charge in [0, 0.05) is 36.5 Å². The molecule has 0 atom stereocenters. The van der Waals surface area contributed by atoms with Crippen molar-refractivity contribution in [3.63, 3.8) is 0 Å². The maximum atomic E-state index is 13.5. The van der Waals surface area contributed by atoms with Gasteiger partial charge in [0.1, 0.15) is 10.7 Å². The van der Waals surface area contributed by atoms with Crippen molar-refractivity contribution < 1.29 is 4.92 Å². The molecule has 2 aromatic heterocycles. The molecule has 3 aromatic rings. The molecule has 0 bridgehead atoms. The predicted molar refractivity (Wildman–Crippen MR) is 120 cm³/mol. The van der Waals surface area contributed by atoms with Crippen molar-refractivity contribution in [2.45, 2.75) is 46.1 Å². The summed E-state index contributed by atoms with van der Waals surface area (Å²) in [6, 6.07) is 6.51. The van der Waals surface area contributed by atoms with E-state index in [9.17, 15) is 14.9 Å². The van der Waals surface area contributed by atoms with Gasteiger partial charge in [-0.05, 0) is 43.5 Å². The molecule has 0 radical (unpaired) electrons. The van der Waals surface area contributed by atoms with Crippen LogP contribution >= 0.6 is 11.3 Å². The van der Waals surface area contributed by atoms with Crippen molar-refractivity contribution in [3.05, 3.63) is 66.6 Å². The molecule has 30 heavy (non-hydrogen) atoms. The van der Waals surface area contributed by atoms with Crippen LogP contribution in [0.15, 0.2) is 29.1 Å². The van der Waals surface area contributed by atoms with Gasteiger partial charge in [0.25, 0.3) is 11.2 Å². The summed E-state index contributed by atoms with van der Waals surface area (Å²) < 4.78 is 1.83. The Hall–Kier alpha value is -2.58. The summed E-state index contributed by atoms with van der Waals surface area (Å²) in [7, 11) is 0. The summed E-state index contributed by atoms with van der Waals surface area (Å²) in [5.41, 5.74) is 2.23. The van der Waals surface area contributed by atoms with Crippen LogP contribution in [0.5, 0.6) is 0 Å². The number of aryl methyl sites for hydroxylation is 2. The molecule has 158 valence electrons. The predicted octanol–water partition coefficient (Wildman–Crippen LogP) is 3.79. The number of nitro groups is 1. The van der Waals surface area contributed by atoms with Crippen molar-refractivity contribution >= 4 is 27.2 Å². The fraction of sp³-hybridized carbons (Fsp3) is 0.455. The topological polar surface area (TPSA) is 81.3 Å². The van der Waals surface area contributed by atoms with Crippen molar-refractivity contribution in [2.75, 3.05) is 19.6 Å². The van der Waals surface area contributed by atoms with E-state index in [4.69, 9.17) is 4.98 Å². The molecule has 0 aliphatic heterocycles. The average Bonchev–Trinajstić information content (AvgIpc) is 3.31. The minimum atomic E-state index is -0.402. The maximum absolute atomic E-state index is 13.5. The second-order valence-electron chi connectivity index (χ2n) is 7.65. The van der Waals surface area contributed by atoms with Crippen LogP contribution in [0.1, 0.15) is 42.1 Å². The molecular weight excluding hydrogens is 400 g/mol. The van der Waals surface area contributed by atoms with Gasteiger partial charge in [-0.25, -0.2) is 4.98 Å². The van der Waals surface area contributed by atoms with E-state index in [1.54, 1.807) is 23.5 Å². The number of rotatable bonds is 8. The Balaban J connectivity index is 1.75. The van der Waals surface area contributed by atoms with Crippen LogP contribution < -0.4 is 5.56 Å². The Morgan fingerprint density at radius 1 is 1.20 bits per heavy atom. The van der Waals surface area contributed by atoms with Gasteiger partial charge in [-0.15, -0.1) is 11.3 Å². The number of thiophene rings is 1. The average molecular weight is 427 g/mol. The lowest BCUT2D eigenvalue weighted by atomic mass is 10.1. The van der Waals surface area contributed by atoms with Gasteiger partial charge in [-0.3, -0.25) is 19.5 Å². The van der Waals surface area contributed by atoms with Gasteiger partial charge in [-0.1, -0.05) is 26.0 Å². The zero-order chi connectivity index (χ0) is 21.3. The smallest absolute Gasteiger partial charge is 0.269 e. The lowest BCUT2D eigenvalue weighted by Gasteiger charge is -2.20. The molecule has 0 fully saturated rings. The molecule has 0 saturated heterocycles.